The number of hydrogen-bond acceptors (Lipinski definition) is 2. The third kappa shape index (κ3) is 3.11. The van der Waals surface area contributed by atoms with Crippen LogP contribution in [0.3, 0.4) is 0 Å². The monoisotopic (exact) mass is 214 g/mol. The summed E-state index contributed by atoms with van der Waals surface area (Å²) in [5.74, 6) is -0.259. The Balaban J connectivity index is 2.12. The van der Waals surface area contributed by atoms with Gasteiger partial charge in [0.15, 0.2) is 0 Å². The highest BCUT2D eigenvalue weighted by Gasteiger charge is 2.34. The fourth-order valence-corrected chi connectivity index (χ4v) is 1.60. The van der Waals surface area contributed by atoms with E-state index in [4.69, 9.17) is 5.11 Å². The molecule has 0 aromatic rings. The second-order valence-corrected chi connectivity index (χ2v) is 4.10. The Morgan fingerprint density at radius 3 is 2.60 bits per heavy atom. The fraction of sp³-hybridized carbons (Fsp3) is 0.800. The largest absolute Gasteiger partial charge is 0.481 e. The number of nitrogens with one attached hydrogen (secondary N) is 1. The molecule has 5 heteroatoms. The SMILES string of the molecule is CC1CN(C(=O)NCCCC(=O)O)C1C. The number of urea groups is 1. The van der Waals surface area contributed by atoms with Crippen molar-refractivity contribution in [3.63, 3.8) is 0 Å². The molecule has 0 saturated carbocycles. The zero-order valence-electron chi connectivity index (χ0n) is 9.19. The molecule has 1 rings (SSSR count). The highest BCUT2D eigenvalue weighted by Crippen LogP contribution is 2.23. The van der Waals surface area contributed by atoms with E-state index in [1.165, 1.54) is 0 Å². The van der Waals surface area contributed by atoms with Crippen LogP contribution in [0.25, 0.3) is 0 Å². The first kappa shape index (κ1) is 11.8. The van der Waals surface area contributed by atoms with Crippen molar-refractivity contribution in [2.45, 2.75) is 32.7 Å². The Kier molecular flexibility index (Phi) is 3.94. The van der Waals surface area contributed by atoms with E-state index in [1.807, 2.05) is 6.92 Å². The van der Waals surface area contributed by atoms with E-state index in [9.17, 15) is 9.59 Å². The molecule has 0 aromatic carbocycles. The summed E-state index contributed by atoms with van der Waals surface area (Å²) < 4.78 is 0. The van der Waals surface area contributed by atoms with Gasteiger partial charge in [0.1, 0.15) is 0 Å². The van der Waals surface area contributed by atoms with Crippen LogP contribution in [0.4, 0.5) is 4.79 Å². The minimum Gasteiger partial charge on any atom is -0.481 e. The molecule has 2 unspecified atom stereocenters. The summed E-state index contributed by atoms with van der Waals surface area (Å²) in [6.07, 6.45) is 0.588. The number of likely N-dealkylation sites (tertiary alicyclic amines) is 1. The summed E-state index contributed by atoms with van der Waals surface area (Å²) in [6, 6.07) is 0.218. The van der Waals surface area contributed by atoms with Crippen molar-refractivity contribution in [1.82, 2.24) is 10.2 Å². The van der Waals surface area contributed by atoms with E-state index in [2.05, 4.69) is 12.2 Å². The molecule has 86 valence electrons. The summed E-state index contributed by atoms with van der Waals surface area (Å²) in [5.41, 5.74) is 0. The molecule has 1 fully saturated rings. The van der Waals surface area contributed by atoms with Gasteiger partial charge < -0.3 is 15.3 Å². The van der Waals surface area contributed by atoms with Crippen LogP contribution in [0.2, 0.25) is 0 Å². The van der Waals surface area contributed by atoms with Gasteiger partial charge in [-0.1, -0.05) is 6.92 Å². The third-order valence-corrected chi connectivity index (χ3v) is 2.90. The summed E-state index contributed by atoms with van der Waals surface area (Å²) in [5, 5.41) is 11.1. The molecule has 15 heavy (non-hydrogen) atoms. The average Bonchev–Trinajstić information content (AvgIpc) is 2.19. The normalized spacial score (nSPS) is 24.5. The van der Waals surface area contributed by atoms with Crippen molar-refractivity contribution in [1.29, 1.82) is 0 Å². The summed E-state index contributed by atoms with van der Waals surface area (Å²) in [7, 11) is 0. The Morgan fingerprint density at radius 1 is 1.47 bits per heavy atom. The molecule has 0 aromatic heterocycles. The Hall–Kier alpha value is -1.26. The lowest BCUT2D eigenvalue weighted by Gasteiger charge is -2.44. The predicted molar refractivity (Wildman–Crippen MR) is 55.6 cm³/mol. The Labute approximate surface area is 89.4 Å². The van der Waals surface area contributed by atoms with E-state index in [0.29, 0.717) is 24.9 Å². The van der Waals surface area contributed by atoms with E-state index in [1.54, 1.807) is 4.90 Å². The molecule has 2 atom stereocenters. The van der Waals surface area contributed by atoms with Crippen LogP contribution in [0, 0.1) is 5.92 Å². The molecule has 5 nitrogen and oxygen atoms in total. The molecule has 0 radical (unpaired) electrons. The van der Waals surface area contributed by atoms with Crippen molar-refractivity contribution in [3.8, 4) is 0 Å². The maximum atomic E-state index is 11.5. The second-order valence-electron chi connectivity index (χ2n) is 4.10. The average molecular weight is 214 g/mol. The van der Waals surface area contributed by atoms with Crippen LogP contribution in [0.5, 0.6) is 0 Å². The van der Waals surface area contributed by atoms with Crippen LogP contribution >= 0.6 is 0 Å². The number of hydrogen-bond donors (Lipinski definition) is 2. The van der Waals surface area contributed by atoms with E-state index in [0.717, 1.165) is 6.54 Å². The van der Waals surface area contributed by atoms with E-state index in [-0.39, 0.29) is 12.5 Å². The van der Waals surface area contributed by atoms with E-state index < -0.39 is 5.97 Å². The van der Waals surface area contributed by atoms with Crippen molar-refractivity contribution < 1.29 is 14.7 Å². The van der Waals surface area contributed by atoms with Gasteiger partial charge in [0, 0.05) is 25.6 Å². The molecule has 1 saturated heterocycles. The molecule has 0 bridgehead atoms. The lowest BCUT2D eigenvalue weighted by Crippen LogP contribution is -2.59. The number of amides is 2. The van der Waals surface area contributed by atoms with Crippen LogP contribution in [-0.4, -0.2) is 41.1 Å². The van der Waals surface area contributed by atoms with Crippen molar-refractivity contribution >= 4 is 12.0 Å². The van der Waals surface area contributed by atoms with Crippen molar-refractivity contribution in [2.24, 2.45) is 5.92 Å². The predicted octanol–water partition coefficient (Wildman–Crippen LogP) is 0.901. The van der Waals surface area contributed by atoms with Crippen LogP contribution < -0.4 is 5.32 Å². The number of carbonyl (C=O) groups excluding carboxylic acids is 1. The van der Waals surface area contributed by atoms with Gasteiger partial charge in [-0.15, -0.1) is 0 Å². The molecular weight excluding hydrogens is 196 g/mol. The minimum atomic E-state index is -0.824. The maximum absolute atomic E-state index is 11.5. The first-order valence-electron chi connectivity index (χ1n) is 5.28. The van der Waals surface area contributed by atoms with Crippen molar-refractivity contribution in [3.05, 3.63) is 0 Å². The number of carboxylic acids is 1. The molecule has 0 aliphatic carbocycles. The third-order valence-electron chi connectivity index (χ3n) is 2.90. The molecule has 1 heterocycles. The molecule has 2 N–H and O–H groups in total. The van der Waals surface area contributed by atoms with E-state index >= 15 is 0 Å². The van der Waals surface area contributed by atoms with Gasteiger partial charge >= 0.3 is 12.0 Å². The lowest BCUT2D eigenvalue weighted by atomic mass is 9.93. The Morgan fingerprint density at radius 2 is 2.13 bits per heavy atom. The number of carboxylic acid groups (broad SMARTS) is 1. The van der Waals surface area contributed by atoms with Crippen LogP contribution in [0.15, 0.2) is 0 Å². The highest BCUT2D eigenvalue weighted by molar-refractivity contribution is 5.75. The molecule has 1 aliphatic rings. The van der Waals surface area contributed by atoms with Crippen LogP contribution in [-0.2, 0) is 4.79 Å². The fourth-order valence-electron chi connectivity index (χ4n) is 1.60. The number of carbonyl (C=O) groups is 2. The van der Waals surface area contributed by atoms with Gasteiger partial charge in [0.05, 0.1) is 0 Å². The first-order chi connectivity index (χ1) is 7.02. The molecule has 1 aliphatic heterocycles. The summed E-state index contributed by atoms with van der Waals surface area (Å²) in [4.78, 5) is 23.5. The maximum Gasteiger partial charge on any atom is 0.317 e. The number of rotatable bonds is 4. The summed E-state index contributed by atoms with van der Waals surface area (Å²) >= 11 is 0. The summed E-state index contributed by atoms with van der Waals surface area (Å²) in [6.45, 7) is 5.36. The number of aliphatic carboxylic acids is 1. The Bertz CT molecular complexity index is 255. The number of nitrogens with zero attached hydrogens (tertiary/aromatic N) is 1. The minimum absolute atomic E-state index is 0.0778. The first-order valence-corrected chi connectivity index (χ1v) is 5.28. The highest BCUT2D eigenvalue weighted by atomic mass is 16.4. The topological polar surface area (TPSA) is 69.6 Å². The van der Waals surface area contributed by atoms with Gasteiger partial charge in [-0.2, -0.15) is 0 Å². The second kappa shape index (κ2) is 5.00. The van der Waals surface area contributed by atoms with Gasteiger partial charge in [-0.25, -0.2) is 4.79 Å². The molecule has 2 amide bonds. The van der Waals surface area contributed by atoms with Gasteiger partial charge in [-0.05, 0) is 19.3 Å². The van der Waals surface area contributed by atoms with Gasteiger partial charge in [-0.3, -0.25) is 4.79 Å². The lowest BCUT2D eigenvalue weighted by molar-refractivity contribution is -0.137. The quantitative estimate of drug-likeness (QED) is 0.683. The molecular formula is C10H18N2O3. The standard InChI is InChI=1S/C10H18N2O3/c1-7-6-12(8(7)2)10(15)11-5-3-4-9(13)14/h7-8H,3-6H2,1-2H3,(H,11,15)(H,13,14). The van der Waals surface area contributed by atoms with Crippen LogP contribution in [0.1, 0.15) is 26.7 Å². The van der Waals surface area contributed by atoms with Crippen molar-refractivity contribution in [2.75, 3.05) is 13.1 Å². The zero-order chi connectivity index (χ0) is 11.4. The van der Waals surface area contributed by atoms with Gasteiger partial charge in [0.25, 0.3) is 0 Å². The molecule has 0 spiro atoms. The van der Waals surface area contributed by atoms with Gasteiger partial charge in [0.2, 0.25) is 0 Å². The zero-order valence-corrected chi connectivity index (χ0v) is 9.19. The smallest absolute Gasteiger partial charge is 0.317 e.